The zero-order chi connectivity index (χ0) is 20.5. The Morgan fingerprint density at radius 3 is 1.50 bits per heavy atom. The molecule has 0 amide bonds. The topological polar surface area (TPSA) is 103 Å². The number of benzene rings is 3. The first-order valence-electron chi connectivity index (χ1n) is 7.80. The molecule has 0 bridgehead atoms. The van der Waals surface area contributed by atoms with Crippen molar-refractivity contribution in [2.24, 2.45) is 0 Å². The van der Waals surface area contributed by atoms with Crippen LogP contribution in [0.5, 0.6) is 0 Å². The maximum atomic E-state index is 14.1. The van der Waals surface area contributed by atoms with Gasteiger partial charge in [-0.05, 0) is 24.3 Å². The molecule has 3 rings (SSSR count). The molecule has 0 aliphatic carbocycles. The molecule has 7 nitrogen and oxygen atoms in total. The molecule has 3 aromatic carbocycles. The monoisotopic (exact) mass is 404 g/mol. The largest absolute Gasteiger partial charge is 0.309 e. The van der Waals surface area contributed by atoms with Crippen molar-refractivity contribution in [3.05, 3.63) is 98.6 Å². The minimum absolute atomic E-state index is 0.104. The average Bonchev–Trinajstić information content (AvgIpc) is 2.68. The minimum Gasteiger partial charge on any atom is -0.309 e. The Hall–Kier alpha value is -3.45. The lowest BCUT2D eigenvalue weighted by molar-refractivity contribution is -0.387. The van der Waals surface area contributed by atoms with Gasteiger partial charge in [0.15, 0.2) is 7.14 Å². The molecular weight excluding hydrogens is 393 g/mol. The van der Waals surface area contributed by atoms with Crippen LogP contribution in [0.15, 0.2) is 66.7 Å². The molecule has 28 heavy (non-hydrogen) atoms. The molecule has 10 heteroatoms. The molecule has 0 spiro atoms. The van der Waals surface area contributed by atoms with Crippen molar-refractivity contribution in [2.75, 3.05) is 0 Å². The zero-order valence-corrected chi connectivity index (χ0v) is 14.9. The fraction of sp³-hybridized carbons (Fsp3) is 0. The summed E-state index contributed by atoms with van der Waals surface area (Å²) < 4.78 is 41.6. The Balaban J connectivity index is 2.35. The van der Waals surface area contributed by atoms with Crippen LogP contribution in [0, 0.1) is 31.9 Å². The lowest BCUT2D eigenvalue weighted by Crippen LogP contribution is -2.26. The Morgan fingerprint density at radius 1 is 0.679 bits per heavy atom. The molecule has 0 fully saturated rings. The van der Waals surface area contributed by atoms with E-state index in [1.807, 2.05) is 0 Å². The first-order valence-corrected chi connectivity index (χ1v) is 9.50. The highest BCUT2D eigenvalue weighted by molar-refractivity contribution is 7.85. The van der Waals surface area contributed by atoms with Gasteiger partial charge in [-0.1, -0.05) is 30.3 Å². The second-order valence-corrected chi connectivity index (χ2v) is 8.50. The first kappa shape index (κ1) is 19.3. The van der Waals surface area contributed by atoms with Gasteiger partial charge in [0.1, 0.15) is 0 Å². The van der Waals surface area contributed by atoms with E-state index in [-0.39, 0.29) is 15.9 Å². The van der Waals surface area contributed by atoms with E-state index >= 15 is 0 Å². The molecule has 0 radical (unpaired) electrons. The second kappa shape index (κ2) is 7.28. The van der Waals surface area contributed by atoms with E-state index in [1.165, 1.54) is 12.1 Å². The summed E-state index contributed by atoms with van der Waals surface area (Å²) in [4.78, 5) is 20.3. The molecule has 0 unspecified atom stereocenters. The highest BCUT2D eigenvalue weighted by Gasteiger charge is 2.34. The zero-order valence-electron chi connectivity index (χ0n) is 14.0. The summed E-state index contributed by atoms with van der Waals surface area (Å²) in [5.41, 5.74) is -1.77. The normalized spacial score (nSPS) is 11.2. The third-order valence-electron chi connectivity index (χ3n) is 4.10. The molecule has 0 saturated heterocycles. The molecule has 0 N–H and O–H groups in total. The van der Waals surface area contributed by atoms with Gasteiger partial charge >= 0.3 is 11.4 Å². The van der Waals surface area contributed by atoms with Crippen molar-refractivity contribution < 1.29 is 23.2 Å². The van der Waals surface area contributed by atoms with Gasteiger partial charge < -0.3 is 4.57 Å². The van der Waals surface area contributed by atoms with E-state index in [0.717, 1.165) is 36.4 Å². The molecule has 0 aliphatic rings. The number of nitro groups is 2. The summed E-state index contributed by atoms with van der Waals surface area (Å²) in [6.07, 6.45) is 0. The molecule has 0 saturated carbocycles. The van der Waals surface area contributed by atoms with E-state index in [1.54, 1.807) is 18.2 Å². The van der Waals surface area contributed by atoms with Crippen molar-refractivity contribution in [3.8, 4) is 0 Å². The number of nitro benzene ring substituents is 2. The van der Waals surface area contributed by atoms with Gasteiger partial charge in [-0.2, -0.15) is 8.78 Å². The molecule has 142 valence electrons. The van der Waals surface area contributed by atoms with Crippen molar-refractivity contribution in [1.82, 2.24) is 0 Å². The fourth-order valence-electron chi connectivity index (χ4n) is 2.76. The van der Waals surface area contributed by atoms with Gasteiger partial charge in [0.2, 0.25) is 11.6 Å². The average molecular weight is 404 g/mol. The first-order chi connectivity index (χ1) is 13.2. The standard InChI is InChI=1S/C18H11F2N2O5P/c19-15-8-6-13(10-17(15)21(23)24)28(27,12-4-2-1-3-5-12)14-7-9-16(20)18(11-14)22(25)26/h1-11H. The van der Waals surface area contributed by atoms with E-state index in [2.05, 4.69) is 0 Å². The molecule has 0 aliphatic heterocycles. The summed E-state index contributed by atoms with van der Waals surface area (Å²) in [7, 11) is -3.89. The van der Waals surface area contributed by atoms with Gasteiger partial charge in [-0.25, -0.2) is 0 Å². The molecule has 0 aromatic heterocycles. The van der Waals surface area contributed by atoms with Crippen molar-refractivity contribution in [1.29, 1.82) is 0 Å². The summed E-state index contributed by atoms with van der Waals surface area (Å²) in [6, 6.07) is 13.2. The van der Waals surface area contributed by atoms with E-state index in [4.69, 9.17) is 0 Å². The number of halogens is 2. The Morgan fingerprint density at radius 2 is 1.11 bits per heavy atom. The molecule has 0 heterocycles. The van der Waals surface area contributed by atoms with Crippen LogP contribution in [0.2, 0.25) is 0 Å². The fourth-order valence-corrected chi connectivity index (χ4v) is 5.42. The predicted molar refractivity (Wildman–Crippen MR) is 99.1 cm³/mol. The smallest absolute Gasteiger partial charge is 0.305 e. The molecule has 0 atom stereocenters. The maximum absolute atomic E-state index is 14.1. The predicted octanol–water partition coefficient (Wildman–Crippen LogP) is 3.42. The maximum Gasteiger partial charge on any atom is 0.305 e. The van der Waals surface area contributed by atoms with Crippen LogP contribution in [-0.4, -0.2) is 9.85 Å². The third-order valence-corrected chi connectivity index (χ3v) is 7.14. The summed E-state index contributed by atoms with van der Waals surface area (Å²) in [5, 5.41) is 22.2. The van der Waals surface area contributed by atoms with E-state index < -0.39 is 40.0 Å². The Bertz CT molecular complexity index is 1070. The van der Waals surface area contributed by atoms with Crippen LogP contribution in [0.1, 0.15) is 0 Å². The number of hydrogen-bond donors (Lipinski definition) is 0. The van der Waals surface area contributed by atoms with Crippen molar-refractivity contribution >= 4 is 34.4 Å². The Kier molecular flexibility index (Phi) is 5.02. The van der Waals surface area contributed by atoms with Crippen LogP contribution in [0.3, 0.4) is 0 Å². The number of nitrogens with zero attached hydrogens (tertiary/aromatic N) is 2. The van der Waals surface area contributed by atoms with Gasteiger partial charge in [0.25, 0.3) is 0 Å². The van der Waals surface area contributed by atoms with Crippen LogP contribution in [0.4, 0.5) is 20.2 Å². The lowest BCUT2D eigenvalue weighted by Gasteiger charge is -2.19. The van der Waals surface area contributed by atoms with Gasteiger partial charge in [0.05, 0.1) is 9.85 Å². The summed E-state index contributed by atoms with van der Waals surface area (Å²) in [5.74, 6) is -2.23. The second-order valence-electron chi connectivity index (χ2n) is 5.73. The summed E-state index contributed by atoms with van der Waals surface area (Å²) >= 11 is 0. The lowest BCUT2D eigenvalue weighted by atomic mass is 10.3. The SMILES string of the molecule is O=[N+]([O-])c1cc(P(=O)(c2ccccc2)c2ccc(F)c([N+](=O)[O-])c2)ccc1F. The molecular formula is C18H11F2N2O5P. The van der Waals surface area contributed by atoms with Crippen LogP contribution >= 0.6 is 7.14 Å². The minimum atomic E-state index is -3.89. The van der Waals surface area contributed by atoms with Gasteiger partial charge in [-0.3, -0.25) is 20.2 Å². The summed E-state index contributed by atoms with van der Waals surface area (Å²) in [6.45, 7) is 0. The molecule has 3 aromatic rings. The van der Waals surface area contributed by atoms with Crippen LogP contribution < -0.4 is 15.9 Å². The van der Waals surface area contributed by atoms with E-state index in [9.17, 15) is 33.6 Å². The highest BCUT2D eigenvalue weighted by atomic mass is 31.2. The highest BCUT2D eigenvalue weighted by Crippen LogP contribution is 2.44. The van der Waals surface area contributed by atoms with Crippen molar-refractivity contribution in [2.45, 2.75) is 0 Å². The van der Waals surface area contributed by atoms with Gasteiger partial charge in [-0.15, -0.1) is 0 Å². The number of rotatable bonds is 5. The van der Waals surface area contributed by atoms with Crippen LogP contribution in [0.25, 0.3) is 0 Å². The number of hydrogen-bond acceptors (Lipinski definition) is 5. The van der Waals surface area contributed by atoms with Crippen molar-refractivity contribution in [3.63, 3.8) is 0 Å². The Labute approximate surface area is 156 Å². The van der Waals surface area contributed by atoms with Gasteiger partial charge in [0, 0.05) is 28.0 Å². The quantitative estimate of drug-likeness (QED) is 0.368. The third kappa shape index (κ3) is 3.27. The van der Waals surface area contributed by atoms with E-state index in [0.29, 0.717) is 0 Å². The van der Waals surface area contributed by atoms with Crippen LogP contribution in [-0.2, 0) is 4.57 Å².